The second kappa shape index (κ2) is 7.60. The van der Waals surface area contributed by atoms with E-state index >= 15 is 0 Å². The van der Waals surface area contributed by atoms with Crippen LogP contribution in [0.4, 0.5) is 5.82 Å². The first kappa shape index (κ1) is 18.0. The van der Waals surface area contributed by atoms with Crippen LogP contribution in [0.25, 0.3) is 0 Å². The van der Waals surface area contributed by atoms with E-state index in [9.17, 15) is 4.79 Å². The Morgan fingerprint density at radius 3 is 2.72 bits per heavy atom. The summed E-state index contributed by atoms with van der Waals surface area (Å²) in [7, 11) is 0. The number of carbonyl (C=O) groups excluding carboxylic acids is 1. The topological polar surface area (TPSA) is 46.9 Å². The van der Waals surface area contributed by atoms with Gasteiger partial charge >= 0.3 is 0 Å². The van der Waals surface area contributed by atoms with Crippen LogP contribution in [-0.4, -0.2) is 15.7 Å². The number of benzene rings is 2. The molecule has 0 saturated heterocycles. The summed E-state index contributed by atoms with van der Waals surface area (Å²) in [5, 5.41) is 8.26. The second-order valence-corrected chi connectivity index (χ2v) is 7.21. The Hall–Kier alpha value is -1.82. The molecule has 128 valence electrons. The van der Waals surface area contributed by atoms with Gasteiger partial charge in [0.1, 0.15) is 0 Å². The molecule has 1 aromatic heterocycles. The molecule has 0 fully saturated rings. The average molecular weight is 439 g/mol. The van der Waals surface area contributed by atoms with E-state index in [0.29, 0.717) is 28.0 Å². The third-order valence-electron chi connectivity index (χ3n) is 3.66. The van der Waals surface area contributed by atoms with Gasteiger partial charge in [-0.1, -0.05) is 57.3 Å². The Labute approximate surface area is 163 Å². The monoisotopic (exact) mass is 437 g/mol. The highest BCUT2D eigenvalue weighted by atomic mass is 79.9. The largest absolute Gasteiger partial charge is 0.305 e. The van der Waals surface area contributed by atoms with Gasteiger partial charge in [-0.3, -0.25) is 9.48 Å². The zero-order valence-electron chi connectivity index (χ0n) is 13.3. The fraction of sp³-hybridized carbons (Fsp3) is 0.111. The molecule has 0 spiro atoms. The molecule has 0 radical (unpaired) electrons. The quantitative estimate of drug-likeness (QED) is 0.579. The van der Waals surface area contributed by atoms with Gasteiger partial charge < -0.3 is 5.32 Å². The lowest BCUT2D eigenvalue weighted by Crippen LogP contribution is -2.13. The molecule has 7 heteroatoms. The SMILES string of the molecule is Cc1cc(NC(=O)c2cccc(Br)c2)nn1Cc1cccc(Cl)c1Cl. The fourth-order valence-corrected chi connectivity index (χ4v) is 3.16. The van der Waals surface area contributed by atoms with Crippen LogP contribution in [0, 0.1) is 6.92 Å². The molecule has 3 aromatic rings. The predicted molar refractivity (Wildman–Crippen MR) is 105 cm³/mol. The fourth-order valence-electron chi connectivity index (χ4n) is 2.38. The van der Waals surface area contributed by atoms with Crippen LogP contribution in [0.2, 0.25) is 10.0 Å². The van der Waals surface area contributed by atoms with Crippen molar-refractivity contribution in [1.82, 2.24) is 9.78 Å². The van der Waals surface area contributed by atoms with E-state index < -0.39 is 0 Å². The molecule has 1 amide bonds. The van der Waals surface area contributed by atoms with Crippen LogP contribution in [-0.2, 0) is 6.54 Å². The van der Waals surface area contributed by atoms with E-state index in [2.05, 4.69) is 26.3 Å². The summed E-state index contributed by atoms with van der Waals surface area (Å²) in [5.41, 5.74) is 2.32. The molecule has 4 nitrogen and oxygen atoms in total. The van der Waals surface area contributed by atoms with Gasteiger partial charge in [0.2, 0.25) is 0 Å². The minimum atomic E-state index is -0.216. The molecular formula is C18H14BrCl2N3O. The normalized spacial score (nSPS) is 10.7. The van der Waals surface area contributed by atoms with Gasteiger partial charge in [0.15, 0.2) is 5.82 Å². The lowest BCUT2D eigenvalue weighted by Gasteiger charge is -2.07. The van der Waals surface area contributed by atoms with Crippen molar-refractivity contribution in [1.29, 1.82) is 0 Å². The highest BCUT2D eigenvalue weighted by Crippen LogP contribution is 2.26. The molecule has 0 atom stereocenters. The summed E-state index contributed by atoms with van der Waals surface area (Å²) in [4.78, 5) is 12.3. The Morgan fingerprint density at radius 1 is 1.20 bits per heavy atom. The number of amides is 1. The summed E-state index contributed by atoms with van der Waals surface area (Å²) in [6.45, 7) is 2.39. The van der Waals surface area contributed by atoms with Crippen molar-refractivity contribution in [2.75, 3.05) is 5.32 Å². The minimum absolute atomic E-state index is 0.216. The van der Waals surface area contributed by atoms with E-state index in [4.69, 9.17) is 23.2 Å². The van der Waals surface area contributed by atoms with Crippen molar-refractivity contribution in [3.63, 3.8) is 0 Å². The number of anilines is 1. The Morgan fingerprint density at radius 2 is 1.96 bits per heavy atom. The van der Waals surface area contributed by atoms with Crippen LogP contribution >= 0.6 is 39.1 Å². The summed E-state index contributed by atoms with van der Waals surface area (Å²) in [6, 6.07) is 14.5. The average Bonchev–Trinajstić information content (AvgIpc) is 2.91. The van der Waals surface area contributed by atoms with Crippen molar-refractivity contribution >= 4 is 50.9 Å². The van der Waals surface area contributed by atoms with Crippen LogP contribution in [0.1, 0.15) is 21.6 Å². The van der Waals surface area contributed by atoms with Crippen molar-refractivity contribution in [2.24, 2.45) is 0 Å². The van der Waals surface area contributed by atoms with Gasteiger partial charge in [-0.25, -0.2) is 0 Å². The third kappa shape index (κ3) is 4.24. The Balaban J connectivity index is 1.78. The number of carbonyl (C=O) groups is 1. The van der Waals surface area contributed by atoms with Crippen molar-refractivity contribution in [3.05, 3.63) is 79.9 Å². The van der Waals surface area contributed by atoms with Gasteiger partial charge in [0, 0.05) is 21.8 Å². The zero-order valence-corrected chi connectivity index (χ0v) is 16.4. The Bertz CT molecular complexity index is 940. The van der Waals surface area contributed by atoms with E-state index in [1.165, 1.54) is 0 Å². The maximum atomic E-state index is 12.3. The van der Waals surface area contributed by atoms with Gasteiger partial charge in [-0.2, -0.15) is 5.10 Å². The van der Waals surface area contributed by atoms with E-state index in [-0.39, 0.29) is 5.91 Å². The smallest absolute Gasteiger partial charge is 0.256 e. The van der Waals surface area contributed by atoms with Crippen LogP contribution in [0.15, 0.2) is 53.0 Å². The molecule has 1 N–H and O–H groups in total. The number of hydrogen-bond acceptors (Lipinski definition) is 2. The molecule has 0 aliphatic rings. The molecule has 0 aliphatic heterocycles. The highest BCUT2D eigenvalue weighted by molar-refractivity contribution is 9.10. The predicted octanol–water partition coefficient (Wildman–Crippen LogP) is 5.56. The number of nitrogens with one attached hydrogen (secondary N) is 1. The third-order valence-corrected chi connectivity index (χ3v) is 5.01. The van der Waals surface area contributed by atoms with Crippen molar-refractivity contribution in [3.8, 4) is 0 Å². The first-order chi connectivity index (χ1) is 11.9. The minimum Gasteiger partial charge on any atom is -0.305 e. The molecule has 0 saturated carbocycles. The second-order valence-electron chi connectivity index (χ2n) is 5.51. The summed E-state index contributed by atoms with van der Waals surface area (Å²) >= 11 is 15.6. The maximum Gasteiger partial charge on any atom is 0.256 e. The summed E-state index contributed by atoms with van der Waals surface area (Å²) in [6.07, 6.45) is 0. The first-order valence-electron chi connectivity index (χ1n) is 7.48. The number of aryl methyl sites for hydroxylation is 1. The van der Waals surface area contributed by atoms with Crippen LogP contribution < -0.4 is 5.32 Å². The molecule has 2 aromatic carbocycles. The van der Waals surface area contributed by atoms with Gasteiger partial charge in [0.05, 0.1) is 16.6 Å². The molecule has 0 bridgehead atoms. The van der Waals surface area contributed by atoms with Gasteiger partial charge in [0.25, 0.3) is 5.91 Å². The number of halogens is 3. The molecule has 3 rings (SSSR count). The lowest BCUT2D eigenvalue weighted by molar-refractivity contribution is 0.102. The summed E-state index contributed by atoms with van der Waals surface area (Å²) < 4.78 is 2.62. The number of nitrogens with zero attached hydrogens (tertiary/aromatic N) is 2. The lowest BCUT2D eigenvalue weighted by atomic mass is 10.2. The number of aromatic nitrogens is 2. The molecule has 25 heavy (non-hydrogen) atoms. The maximum absolute atomic E-state index is 12.3. The number of hydrogen-bond donors (Lipinski definition) is 1. The van der Waals surface area contributed by atoms with Crippen molar-refractivity contribution < 1.29 is 4.79 Å². The molecule has 0 unspecified atom stereocenters. The summed E-state index contributed by atoms with van der Waals surface area (Å²) in [5.74, 6) is 0.271. The number of rotatable bonds is 4. The molecular weight excluding hydrogens is 425 g/mol. The van der Waals surface area contributed by atoms with Crippen LogP contribution in [0.3, 0.4) is 0 Å². The van der Waals surface area contributed by atoms with Gasteiger partial charge in [-0.15, -0.1) is 0 Å². The van der Waals surface area contributed by atoms with Crippen molar-refractivity contribution in [2.45, 2.75) is 13.5 Å². The van der Waals surface area contributed by atoms with E-state index in [1.807, 2.05) is 37.3 Å². The molecule has 1 heterocycles. The first-order valence-corrected chi connectivity index (χ1v) is 9.03. The zero-order chi connectivity index (χ0) is 18.0. The van der Waals surface area contributed by atoms with E-state index in [0.717, 1.165) is 15.7 Å². The Kier molecular flexibility index (Phi) is 5.47. The van der Waals surface area contributed by atoms with Crippen LogP contribution in [0.5, 0.6) is 0 Å². The molecule has 0 aliphatic carbocycles. The van der Waals surface area contributed by atoms with Gasteiger partial charge in [-0.05, 0) is 36.8 Å². The standard InChI is InChI=1S/C18H14BrCl2N3O/c1-11-8-16(22-18(25)12-4-2-6-14(19)9-12)23-24(11)10-13-5-3-7-15(20)17(13)21/h2-9H,10H2,1H3,(H,22,23,25). The van der Waals surface area contributed by atoms with E-state index in [1.54, 1.807) is 22.9 Å². The highest BCUT2D eigenvalue weighted by Gasteiger charge is 2.12.